The first kappa shape index (κ1) is 20.2. The number of para-hydroxylation sites is 2. The molecule has 0 saturated heterocycles. The molecular weight excluding hydrogens is 402 g/mol. The van der Waals surface area contributed by atoms with Crippen molar-refractivity contribution >= 4 is 50.5 Å². The van der Waals surface area contributed by atoms with E-state index in [0.717, 1.165) is 6.26 Å². The highest BCUT2D eigenvalue weighted by atomic mass is 35.5. The number of nitrogens with one attached hydrogen (secondary N) is 1. The van der Waals surface area contributed by atoms with Gasteiger partial charge in [-0.3, -0.25) is 13.9 Å². The second kappa shape index (κ2) is 8.20. The smallest absolute Gasteiger partial charge is 0.244 e. The molecule has 2 amide bonds. The number of sulfonamides is 1. The van der Waals surface area contributed by atoms with Gasteiger partial charge in [0.05, 0.1) is 23.3 Å². The molecule has 0 saturated carbocycles. The third-order valence-electron chi connectivity index (χ3n) is 4.34. The summed E-state index contributed by atoms with van der Waals surface area (Å²) in [5, 5.41) is 3.24. The number of hydrogen-bond donors (Lipinski definition) is 1. The fraction of sp³-hybridized carbons (Fsp3) is 0.263. The summed E-state index contributed by atoms with van der Waals surface area (Å²) in [5.41, 5.74) is 1.72. The number of carbonyl (C=O) groups excluding carboxylic acids is 2. The van der Waals surface area contributed by atoms with Crippen LogP contribution in [0.15, 0.2) is 48.5 Å². The molecule has 1 aliphatic heterocycles. The van der Waals surface area contributed by atoms with Crippen LogP contribution in [0.4, 0.5) is 17.1 Å². The molecule has 0 bridgehead atoms. The van der Waals surface area contributed by atoms with Crippen molar-refractivity contribution in [3.63, 3.8) is 0 Å². The minimum atomic E-state index is -3.51. The number of amides is 2. The normalized spacial score (nSPS) is 13.6. The molecule has 2 aromatic rings. The molecule has 28 heavy (non-hydrogen) atoms. The maximum Gasteiger partial charge on any atom is 0.244 e. The van der Waals surface area contributed by atoms with Crippen LogP contribution in [0, 0.1) is 0 Å². The highest BCUT2D eigenvalue weighted by Crippen LogP contribution is 2.29. The molecule has 0 aliphatic carbocycles. The second-order valence-electron chi connectivity index (χ2n) is 6.46. The van der Waals surface area contributed by atoms with Gasteiger partial charge in [0.25, 0.3) is 0 Å². The zero-order valence-electron chi connectivity index (χ0n) is 15.3. The molecule has 0 radical (unpaired) electrons. The Morgan fingerprint density at radius 3 is 2.54 bits per heavy atom. The van der Waals surface area contributed by atoms with Gasteiger partial charge in [0, 0.05) is 18.0 Å². The van der Waals surface area contributed by atoms with Crippen LogP contribution in [-0.4, -0.2) is 39.6 Å². The number of carbonyl (C=O) groups is 2. The first-order valence-corrected chi connectivity index (χ1v) is 10.9. The number of halogens is 1. The first-order chi connectivity index (χ1) is 13.3. The van der Waals surface area contributed by atoms with Crippen molar-refractivity contribution in [1.29, 1.82) is 0 Å². The molecule has 9 heteroatoms. The average Bonchev–Trinajstić information content (AvgIpc) is 2.64. The van der Waals surface area contributed by atoms with E-state index in [-0.39, 0.29) is 31.3 Å². The summed E-state index contributed by atoms with van der Waals surface area (Å²) >= 11 is 5.86. The SMILES string of the molecule is CS(=O)(=O)N(CCCC(=O)N1CC(=O)Nc2ccccc21)c1ccc(Cl)cc1. The predicted octanol–water partition coefficient (Wildman–Crippen LogP) is 2.87. The van der Waals surface area contributed by atoms with Crippen LogP contribution in [-0.2, 0) is 19.6 Å². The van der Waals surface area contributed by atoms with Crippen molar-refractivity contribution in [1.82, 2.24) is 0 Å². The lowest BCUT2D eigenvalue weighted by atomic mass is 10.1. The fourth-order valence-corrected chi connectivity index (χ4v) is 4.15. The van der Waals surface area contributed by atoms with E-state index in [1.54, 1.807) is 48.5 Å². The number of nitrogens with zero attached hydrogens (tertiary/aromatic N) is 2. The highest BCUT2D eigenvalue weighted by molar-refractivity contribution is 7.92. The zero-order valence-corrected chi connectivity index (χ0v) is 16.8. The van der Waals surface area contributed by atoms with E-state index < -0.39 is 10.0 Å². The Morgan fingerprint density at radius 2 is 1.86 bits per heavy atom. The van der Waals surface area contributed by atoms with Crippen LogP contribution >= 0.6 is 11.6 Å². The molecule has 7 nitrogen and oxygen atoms in total. The number of fused-ring (bicyclic) bond motifs is 1. The molecule has 0 spiro atoms. The zero-order chi connectivity index (χ0) is 20.3. The molecule has 0 fully saturated rings. The van der Waals surface area contributed by atoms with Crippen LogP contribution in [0.5, 0.6) is 0 Å². The van der Waals surface area contributed by atoms with Gasteiger partial charge in [0.1, 0.15) is 6.54 Å². The lowest BCUT2D eigenvalue weighted by molar-refractivity contribution is -0.121. The molecule has 0 unspecified atom stereocenters. The van der Waals surface area contributed by atoms with E-state index >= 15 is 0 Å². The van der Waals surface area contributed by atoms with Gasteiger partial charge in [0.2, 0.25) is 21.8 Å². The van der Waals surface area contributed by atoms with Gasteiger partial charge >= 0.3 is 0 Å². The Labute approximate surface area is 168 Å². The quantitative estimate of drug-likeness (QED) is 0.776. The number of hydrogen-bond acceptors (Lipinski definition) is 4. The van der Waals surface area contributed by atoms with Crippen LogP contribution in [0.3, 0.4) is 0 Å². The molecule has 1 heterocycles. The van der Waals surface area contributed by atoms with Crippen molar-refractivity contribution in [2.24, 2.45) is 0 Å². The van der Waals surface area contributed by atoms with Crippen LogP contribution in [0.1, 0.15) is 12.8 Å². The van der Waals surface area contributed by atoms with Gasteiger partial charge in [-0.25, -0.2) is 8.42 Å². The Bertz CT molecular complexity index is 992. The first-order valence-electron chi connectivity index (χ1n) is 8.68. The van der Waals surface area contributed by atoms with Gasteiger partial charge in [0.15, 0.2) is 0 Å². The summed E-state index contributed by atoms with van der Waals surface area (Å²) in [5.74, 6) is -0.488. The number of benzene rings is 2. The van der Waals surface area contributed by atoms with Gasteiger partial charge in [-0.05, 0) is 42.8 Å². The van der Waals surface area contributed by atoms with Crippen molar-refractivity contribution in [2.75, 3.05) is 33.9 Å². The predicted molar refractivity (Wildman–Crippen MR) is 110 cm³/mol. The molecule has 0 atom stereocenters. The summed E-state index contributed by atoms with van der Waals surface area (Å²) < 4.78 is 25.5. The topological polar surface area (TPSA) is 86.8 Å². The molecule has 0 aromatic heterocycles. The highest BCUT2D eigenvalue weighted by Gasteiger charge is 2.26. The van der Waals surface area contributed by atoms with Crippen LogP contribution in [0.25, 0.3) is 0 Å². The summed E-state index contributed by atoms with van der Waals surface area (Å²) in [6, 6.07) is 13.5. The van der Waals surface area contributed by atoms with E-state index in [0.29, 0.717) is 28.5 Å². The minimum absolute atomic E-state index is 0.0528. The molecule has 3 rings (SSSR count). The fourth-order valence-electron chi connectivity index (χ4n) is 3.06. The largest absolute Gasteiger partial charge is 0.323 e. The van der Waals surface area contributed by atoms with Gasteiger partial charge in [-0.2, -0.15) is 0 Å². The van der Waals surface area contributed by atoms with E-state index in [2.05, 4.69) is 5.32 Å². The Morgan fingerprint density at radius 1 is 1.18 bits per heavy atom. The maximum atomic E-state index is 12.7. The van der Waals surface area contributed by atoms with Crippen molar-refractivity contribution in [2.45, 2.75) is 12.8 Å². The monoisotopic (exact) mass is 421 g/mol. The van der Waals surface area contributed by atoms with Crippen molar-refractivity contribution < 1.29 is 18.0 Å². The minimum Gasteiger partial charge on any atom is -0.323 e. The lowest BCUT2D eigenvalue weighted by Gasteiger charge is -2.29. The maximum absolute atomic E-state index is 12.7. The van der Waals surface area contributed by atoms with Gasteiger partial charge < -0.3 is 10.2 Å². The summed E-state index contributed by atoms with van der Waals surface area (Å²) in [6.07, 6.45) is 1.55. The third-order valence-corrected chi connectivity index (χ3v) is 5.78. The van der Waals surface area contributed by atoms with E-state index in [1.165, 1.54) is 9.21 Å². The Hall–Kier alpha value is -2.58. The summed E-state index contributed by atoms with van der Waals surface area (Å²) in [4.78, 5) is 26.0. The molecule has 1 aliphatic rings. The lowest BCUT2D eigenvalue weighted by Crippen LogP contribution is -2.42. The second-order valence-corrected chi connectivity index (χ2v) is 8.80. The molecule has 2 aromatic carbocycles. The Balaban J connectivity index is 1.68. The van der Waals surface area contributed by atoms with E-state index in [9.17, 15) is 18.0 Å². The number of rotatable bonds is 6. The summed E-state index contributed by atoms with van der Waals surface area (Å²) in [7, 11) is -3.51. The van der Waals surface area contributed by atoms with Crippen molar-refractivity contribution in [3.05, 3.63) is 53.6 Å². The standard InChI is InChI=1S/C19H20ClN3O4S/c1-28(26,27)23(15-10-8-14(20)9-11-15)12-4-7-19(25)22-13-18(24)21-16-5-2-3-6-17(16)22/h2-3,5-6,8-11H,4,7,12-13H2,1H3,(H,21,24). The molecular formula is C19H20ClN3O4S. The summed E-state index contributed by atoms with van der Waals surface area (Å²) in [6.45, 7) is 0.0940. The third kappa shape index (κ3) is 4.63. The van der Waals surface area contributed by atoms with Crippen LogP contribution in [0.2, 0.25) is 5.02 Å². The van der Waals surface area contributed by atoms with Crippen LogP contribution < -0.4 is 14.5 Å². The van der Waals surface area contributed by atoms with E-state index in [4.69, 9.17) is 11.6 Å². The Kier molecular flexibility index (Phi) is 5.90. The van der Waals surface area contributed by atoms with E-state index in [1.807, 2.05) is 0 Å². The molecule has 148 valence electrons. The number of anilines is 3. The van der Waals surface area contributed by atoms with Gasteiger partial charge in [-0.15, -0.1) is 0 Å². The van der Waals surface area contributed by atoms with Crippen molar-refractivity contribution in [3.8, 4) is 0 Å². The average molecular weight is 422 g/mol. The molecule has 1 N–H and O–H groups in total. The van der Waals surface area contributed by atoms with Gasteiger partial charge in [-0.1, -0.05) is 23.7 Å².